The Labute approximate surface area is 145 Å². The smallest absolute Gasteiger partial charge is 0.260 e. The molecule has 7 heteroatoms. The maximum atomic E-state index is 13.6. The Morgan fingerprint density at radius 1 is 1.32 bits per heavy atom. The van der Waals surface area contributed by atoms with E-state index in [1.807, 2.05) is 24.6 Å². The van der Waals surface area contributed by atoms with Gasteiger partial charge in [0.25, 0.3) is 5.91 Å². The molecule has 25 heavy (non-hydrogen) atoms. The van der Waals surface area contributed by atoms with Gasteiger partial charge in [0.15, 0.2) is 18.2 Å². The summed E-state index contributed by atoms with van der Waals surface area (Å²) in [5.74, 6) is -1.77. The Bertz CT molecular complexity index is 776. The van der Waals surface area contributed by atoms with Crippen LogP contribution >= 0.6 is 0 Å². The molecule has 1 fully saturated rings. The van der Waals surface area contributed by atoms with Crippen molar-refractivity contribution in [2.45, 2.75) is 39.3 Å². The molecule has 5 nitrogen and oxygen atoms in total. The maximum Gasteiger partial charge on any atom is 0.260 e. The lowest BCUT2D eigenvalue weighted by Gasteiger charge is -2.25. The molecule has 1 amide bonds. The highest BCUT2D eigenvalue weighted by atomic mass is 19.1. The number of hydrogen-bond acceptors (Lipinski definition) is 3. The number of carbonyl (C=O) groups is 1. The second kappa shape index (κ2) is 7.21. The van der Waals surface area contributed by atoms with Crippen LogP contribution in [0.3, 0.4) is 0 Å². The predicted octanol–water partition coefficient (Wildman–Crippen LogP) is 2.85. The summed E-state index contributed by atoms with van der Waals surface area (Å²) in [4.78, 5) is 14.2. The fourth-order valence-electron chi connectivity index (χ4n) is 3.22. The molecule has 0 bridgehead atoms. The number of rotatable bonds is 5. The van der Waals surface area contributed by atoms with Crippen LogP contribution in [-0.2, 0) is 11.3 Å². The predicted molar refractivity (Wildman–Crippen MR) is 88.3 cm³/mol. The number of halogens is 2. The Balaban J connectivity index is 1.62. The number of aromatic nitrogens is 2. The van der Waals surface area contributed by atoms with Crippen LogP contribution in [0.1, 0.15) is 24.2 Å². The molecule has 1 aromatic carbocycles. The van der Waals surface area contributed by atoms with Gasteiger partial charge >= 0.3 is 0 Å². The molecule has 1 atom stereocenters. The average Bonchev–Trinajstić information content (AvgIpc) is 3.15. The molecule has 134 valence electrons. The molecule has 2 heterocycles. The van der Waals surface area contributed by atoms with E-state index in [0.29, 0.717) is 13.1 Å². The first-order valence-electron chi connectivity index (χ1n) is 8.32. The highest BCUT2D eigenvalue weighted by Gasteiger charge is 2.29. The fourth-order valence-corrected chi connectivity index (χ4v) is 3.22. The van der Waals surface area contributed by atoms with Crippen molar-refractivity contribution < 1.29 is 18.3 Å². The summed E-state index contributed by atoms with van der Waals surface area (Å²) in [6, 6.07) is 4.97. The van der Waals surface area contributed by atoms with Crippen molar-refractivity contribution in [1.82, 2.24) is 14.7 Å². The van der Waals surface area contributed by atoms with Crippen LogP contribution in [-0.4, -0.2) is 39.8 Å². The van der Waals surface area contributed by atoms with Gasteiger partial charge in [-0.25, -0.2) is 8.78 Å². The molecule has 1 unspecified atom stereocenters. The summed E-state index contributed by atoms with van der Waals surface area (Å²) in [6.45, 7) is 4.87. The summed E-state index contributed by atoms with van der Waals surface area (Å²) in [5.41, 5.74) is 1.99. The van der Waals surface area contributed by atoms with E-state index in [9.17, 15) is 13.6 Å². The third kappa shape index (κ3) is 3.97. The summed E-state index contributed by atoms with van der Waals surface area (Å²) in [7, 11) is 0. The number of nitrogens with zero attached hydrogens (tertiary/aromatic N) is 3. The van der Waals surface area contributed by atoms with E-state index in [-0.39, 0.29) is 24.3 Å². The minimum atomic E-state index is -0.685. The lowest BCUT2D eigenvalue weighted by atomic mass is 10.2. The van der Waals surface area contributed by atoms with E-state index in [0.717, 1.165) is 42.4 Å². The highest BCUT2D eigenvalue weighted by molar-refractivity contribution is 5.78. The maximum absolute atomic E-state index is 13.6. The van der Waals surface area contributed by atoms with Crippen molar-refractivity contribution in [3.05, 3.63) is 47.3 Å². The molecule has 0 saturated carbocycles. The largest absolute Gasteiger partial charge is 0.481 e. The third-order valence-corrected chi connectivity index (χ3v) is 4.43. The molecule has 0 radical (unpaired) electrons. The molecule has 0 N–H and O–H groups in total. The van der Waals surface area contributed by atoms with E-state index in [4.69, 9.17) is 4.74 Å². The lowest BCUT2D eigenvalue weighted by Crippen LogP contribution is -2.41. The van der Waals surface area contributed by atoms with Crippen LogP contribution in [0.15, 0.2) is 24.3 Å². The third-order valence-electron chi connectivity index (χ3n) is 4.43. The zero-order chi connectivity index (χ0) is 18.0. The van der Waals surface area contributed by atoms with Gasteiger partial charge in [-0.3, -0.25) is 9.48 Å². The van der Waals surface area contributed by atoms with Crippen molar-refractivity contribution in [2.75, 3.05) is 13.2 Å². The number of carbonyl (C=O) groups excluding carboxylic acids is 1. The molecule has 1 aliphatic rings. The van der Waals surface area contributed by atoms with E-state index in [2.05, 4.69) is 5.10 Å². The Morgan fingerprint density at radius 3 is 2.84 bits per heavy atom. The summed E-state index contributed by atoms with van der Waals surface area (Å²) < 4.78 is 33.8. The number of hydrogen-bond donors (Lipinski definition) is 0. The Kier molecular flexibility index (Phi) is 5.01. The van der Waals surface area contributed by atoms with Crippen LogP contribution in [0.2, 0.25) is 0 Å². The van der Waals surface area contributed by atoms with Gasteiger partial charge < -0.3 is 9.64 Å². The summed E-state index contributed by atoms with van der Waals surface area (Å²) >= 11 is 0. The molecule has 1 aromatic heterocycles. The fraction of sp³-hybridized carbons (Fsp3) is 0.444. The highest BCUT2D eigenvalue weighted by Crippen LogP contribution is 2.21. The first kappa shape index (κ1) is 17.4. The minimum Gasteiger partial charge on any atom is -0.481 e. The molecule has 0 aliphatic carbocycles. The zero-order valence-corrected chi connectivity index (χ0v) is 14.3. The van der Waals surface area contributed by atoms with E-state index < -0.39 is 11.6 Å². The summed E-state index contributed by atoms with van der Waals surface area (Å²) in [5, 5.41) is 4.44. The van der Waals surface area contributed by atoms with Crippen LogP contribution < -0.4 is 4.74 Å². The second-order valence-electron chi connectivity index (χ2n) is 6.36. The summed E-state index contributed by atoms with van der Waals surface area (Å²) in [6.07, 6.45) is 1.79. The van der Waals surface area contributed by atoms with E-state index in [1.54, 1.807) is 4.90 Å². The molecule has 1 aliphatic heterocycles. The van der Waals surface area contributed by atoms with Crippen LogP contribution in [0, 0.1) is 25.5 Å². The van der Waals surface area contributed by atoms with Gasteiger partial charge in [-0.2, -0.15) is 5.10 Å². The topological polar surface area (TPSA) is 47.4 Å². The first-order valence-corrected chi connectivity index (χ1v) is 8.32. The quantitative estimate of drug-likeness (QED) is 0.834. The van der Waals surface area contributed by atoms with E-state index in [1.165, 1.54) is 0 Å². The van der Waals surface area contributed by atoms with Crippen LogP contribution in [0.25, 0.3) is 0 Å². The lowest BCUT2D eigenvalue weighted by molar-refractivity contribution is -0.134. The Morgan fingerprint density at radius 2 is 2.12 bits per heavy atom. The van der Waals surface area contributed by atoms with Gasteiger partial charge in [0.05, 0.1) is 18.3 Å². The molecule has 3 rings (SSSR count). The van der Waals surface area contributed by atoms with Crippen molar-refractivity contribution in [3.63, 3.8) is 0 Å². The minimum absolute atomic E-state index is 0.0338. The molecule has 2 aromatic rings. The second-order valence-corrected chi connectivity index (χ2v) is 6.36. The number of aryl methyl sites for hydroxylation is 2. The van der Waals surface area contributed by atoms with Crippen molar-refractivity contribution in [1.29, 1.82) is 0 Å². The molecule has 0 spiro atoms. The molecular formula is C18H21F2N3O2. The monoisotopic (exact) mass is 349 g/mol. The standard InChI is InChI=1S/C18H21F2N3O2/c1-12-8-13(2)23(21-12)10-15-4-3-7-22(15)18(24)11-25-17-9-14(19)5-6-16(17)20/h5-6,8-9,15H,3-4,7,10-11H2,1-2H3. The number of benzene rings is 1. The number of likely N-dealkylation sites (tertiary alicyclic amines) is 1. The SMILES string of the molecule is Cc1cc(C)n(CC2CCCN2C(=O)COc2cc(F)ccc2F)n1. The molecule has 1 saturated heterocycles. The Hall–Kier alpha value is -2.44. The first-order chi connectivity index (χ1) is 11.9. The average molecular weight is 349 g/mol. The van der Waals surface area contributed by atoms with Crippen molar-refractivity contribution in [2.24, 2.45) is 0 Å². The van der Waals surface area contributed by atoms with Gasteiger partial charge in [0.1, 0.15) is 5.82 Å². The number of amides is 1. The van der Waals surface area contributed by atoms with Gasteiger partial charge in [-0.1, -0.05) is 0 Å². The van der Waals surface area contributed by atoms with Gasteiger partial charge in [-0.05, 0) is 44.9 Å². The van der Waals surface area contributed by atoms with E-state index >= 15 is 0 Å². The van der Waals surface area contributed by atoms with Gasteiger partial charge in [0, 0.05) is 18.3 Å². The molecular weight excluding hydrogens is 328 g/mol. The zero-order valence-electron chi connectivity index (χ0n) is 14.3. The van der Waals surface area contributed by atoms with Gasteiger partial charge in [-0.15, -0.1) is 0 Å². The van der Waals surface area contributed by atoms with Crippen molar-refractivity contribution in [3.8, 4) is 5.75 Å². The number of ether oxygens (including phenoxy) is 1. The normalized spacial score (nSPS) is 17.1. The van der Waals surface area contributed by atoms with Gasteiger partial charge in [0.2, 0.25) is 0 Å². The van der Waals surface area contributed by atoms with Crippen LogP contribution in [0.5, 0.6) is 5.75 Å². The van der Waals surface area contributed by atoms with Crippen LogP contribution in [0.4, 0.5) is 8.78 Å². The van der Waals surface area contributed by atoms with Crippen molar-refractivity contribution >= 4 is 5.91 Å².